The molecule has 1 saturated heterocycles. The van der Waals surface area contributed by atoms with Crippen molar-refractivity contribution in [3.8, 4) is 0 Å². The highest BCUT2D eigenvalue weighted by atomic mass is 16.6. The van der Waals surface area contributed by atoms with Crippen LogP contribution in [0.2, 0.25) is 0 Å². The van der Waals surface area contributed by atoms with Gasteiger partial charge in [0.05, 0.1) is 0 Å². The zero-order chi connectivity index (χ0) is 9.69. The highest BCUT2D eigenvalue weighted by molar-refractivity contribution is 6.13. The van der Waals surface area contributed by atoms with E-state index >= 15 is 0 Å². The van der Waals surface area contributed by atoms with Gasteiger partial charge >= 0.3 is 11.9 Å². The Labute approximate surface area is 77.4 Å². The van der Waals surface area contributed by atoms with Crippen LogP contribution in [0.4, 0.5) is 0 Å². The molecule has 0 atom stereocenters. The molecule has 13 heavy (non-hydrogen) atoms. The third-order valence-corrected chi connectivity index (χ3v) is 3.42. The van der Waals surface area contributed by atoms with Crippen molar-refractivity contribution in [2.24, 2.45) is 10.8 Å². The van der Waals surface area contributed by atoms with E-state index in [1.807, 2.05) is 0 Å². The van der Waals surface area contributed by atoms with E-state index in [-0.39, 0.29) is 17.4 Å². The van der Waals surface area contributed by atoms with Crippen molar-refractivity contribution in [2.45, 2.75) is 39.5 Å². The summed E-state index contributed by atoms with van der Waals surface area (Å²) < 4.78 is 4.42. The third-order valence-electron chi connectivity index (χ3n) is 3.42. The molecule has 72 valence electrons. The summed E-state index contributed by atoms with van der Waals surface area (Å²) in [6.45, 7) is 4.35. The molecule has 0 bridgehead atoms. The fourth-order valence-corrected chi connectivity index (χ4v) is 2.08. The fourth-order valence-electron chi connectivity index (χ4n) is 2.08. The van der Waals surface area contributed by atoms with Gasteiger partial charge in [0.2, 0.25) is 0 Å². The number of hydrogen-bond acceptors (Lipinski definition) is 3. The third kappa shape index (κ3) is 1.10. The molecule has 0 aromatic carbocycles. The van der Waals surface area contributed by atoms with Gasteiger partial charge in [0.25, 0.3) is 0 Å². The van der Waals surface area contributed by atoms with Gasteiger partial charge in [-0.2, -0.15) is 0 Å². The lowest BCUT2D eigenvalue weighted by Gasteiger charge is -2.44. The molecule has 2 fully saturated rings. The van der Waals surface area contributed by atoms with Crippen molar-refractivity contribution < 1.29 is 14.3 Å². The molecule has 3 heteroatoms. The van der Waals surface area contributed by atoms with Crippen LogP contribution in [0, 0.1) is 10.8 Å². The molecule has 1 spiro atoms. The maximum absolute atomic E-state index is 11.2. The maximum Gasteiger partial charge on any atom is 0.331 e. The molecule has 0 unspecified atom stereocenters. The van der Waals surface area contributed by atoms with Crippen LogP contribution in [0.3, 0.4) is 0 Å². The van der Waals surface area contributed by atoms with Crippen LogP contribution in [0.5, 0.6) is 0 Å². The van der Waals surface area contributed by atoms with Gasteiger partial charge in [-0.25, -0.2) is 0 Å². The summed E-state index contributed by atoms with van der Waals surface area (Å²) in [5, 5.41) is 0. The topological polar surface area (TPSA) is 43.4 Å². The Balaban J connectivity index is 2.13. The van der Waals surface area contributed by atoms with Crippen LogP contribution < -0.4 is 0 Å². The summed E-state index contributed by atoms with van der Waals surface area (Å²) in [6.07, 6.45) is 3.23. The summed E-state index contributed by atoms with van der Waals surface area (Å²) in [7, 11) is 0. The number of carbonyl (C=O) groups is 2. The molecule has 3 nitrogen and oxygen atoms in total. The van der Waals surface area contributed by atoms with Gasteiger partial charge in [-0.05, 0) is 31.1 Å². The van der Waals surface area contributed by atoms with Crippen LogP contribution >= 0.6 is 0 Å². The molecule has 1 heterocycles. The average Bonchev–Trinajstić information content (AvgIpc) is 2.04. The Bertz CT molecular complexity index is 252. The second-order valence-electron chi connectivity index (χ2n) is 4.92. The molecule has 0 amide bonds. The summed E-state index contributed by atoms with van der Waals surface area (Å²) in [5.74, 6) is -0.596. The molecule has 2 aliphatic rings. The monoisotopic (exact) mass is 182 g/mol. The molecular formula is C10H14O3. The summed E-state index contributed by atoms with van der Waals surface area (Å²) >= 11 is 0. The van der Waals surface area contributed by atoms with E-state index < -0.39 is 5.41 Å². The first-order chi connectivity index (χ1) is 5.96. The van der Waals surface area contributed by atoms with Gasteiger partial charge in [0.15, 0.2) is 5.41 Å². The SMILES string of the molecule is CC1(C)CCC2(CC1)C(=O)OC2=O. The Morgan fingerprint density at radius 1 is 1.00 bits per heavy atom. The molecule has 1 aliphatic heterocycles. The van der Waals surface area contributed by atoms with E-state index in [9.17, 15) is 9.59 Å². The average molecular weight is 182 g/mol. The van der Waals surface area contributed by atoms with Crippen LogP contribution in [0.15, 0.2) is 0 Å². The molecule has 1 saturated carbocycles. The fraction of sp³-hybridized carbons (Fsp3) is 0.800. The first-order valence-electron chi connectivity index (χ1n) is 4.73. The summed E-state index contributed by atoms with van der Waals surface area (Å²) in [4.78, 5) is 22.4. The molecule has 0 N–H and O–H groups in total. The van der Waals surface area contributed by atoms with E-state index in [0.717, 1.165) is 12.8 Å². The van der Waals surface area contributed by atoms with Crippen molar-refractivity contribution in [1.29, 1.82) is 0 Å². The quantitative estimate of drug-likeness (QED) is 0.422. The maximum atomic E-state index is 11.2. The zero-order valence-corrected chi connectivity index (χ0v) is 8.05. The predicted molar refractivity (Wildman–Crippen MR) is 45.8 cm³/mol. The zero-order valence-electron chi connectivity index (χ0n) is 8.05. The molecule has 2 rings (SSSR count). The van der Waals surface area contributed by atoms with Crippen LogP contribution in [-0.2, 0) is 14.3 Å². The van der Waals surface area contributed by atoms with Crippen molar-refractivity contribution in [3.05, 3.63) is 0 Å². The minimum absolute atomic E-state index is 0.279. The Morgan fingerprint density at radius 2 is 1.46 bits per heavy atom. The number of hydrogen-bond donors (Lipinski definition) is 0. The molecule has 0 aromatic heterocycles. The highest BCUT2D eigenvalue weighted by Crippen LogP contribution is 2.50. The van der Waals surface area contributed by atoms with E-state index in [4.69, 9.17) is 0 Å². The lowest BCUT2D eigenvalue weighted by molar-refractivity contribution is -0.201. The number of rotatable bonds is 0. The van der Waals surface area contributed by atoms with Gasteiger partial charge in [-0.15, -0.1) is 0 Å². The Morgan fingerprint density at radius 3 is 1.85 bits per heavy atom. The first-order valence-corrected chi connectivity index (χ1v) is 4.73. The normalized spacial score (nSPS) is 29.7. The first kappa shape index (κ1) is 8.73. The molecule has 1 aliphatic carbocycles. The van der Waals surface area contributed by atoms with E-state index in [1.165, 1.54) is 0 Å². The predicted octanol–water partition coefficient (Wildman–Crippen LogP) is 1.66. The second kappa shape index (κ2) is 2.34. The van der Waals surface area contributed by atoms with Crippen LogP contribution in [0.25, 0.3) is 0 Å². The molecular weight excluding hydrogens is 168 g/mol. The minimum atomic E-state index is -0.727. The lowest BCUT2D eigenvalue weighted by atomic mass is 9.63. The van der Waals surface area contributed by atoms with Crippen molar-refractivity contribution in [2.75, 3.05) is 0 Å². The largest absolute Gasteiger partial charge is 0.391 e. The highest BCUT2D eigenvalue weighted by Gasteiger charge is 2.60. The van der Waals surface area contributed by atoms with Gasteiger partial charge < -0.3 is 4.74 Å². The van der Waals surface area contributed by atoms with E-state index in [0.29, 0.717) is 12.8 Å². The summed E-state index contributed by atoms with van der Waals surface area (Å²) in [6, 6.07) is 0. The van der Waals surface area contributed by atoms with Gasteiger partial charge in [-0.1, -0.05) is 13.8 Å². The smallest absolute Gasteiger partial charge is 0.331 e. The van der Waals surface area contributed by atoms with Crippen LogP contribution in [-0.4, -0.2) is 11.9 Å². The minimum Gasteiger partial charge on any atom is -0.391 e. The number of ether oxygens (including phenoxy) is 1. The number of cyclic esters (lactones) is 2. The summed E-state index contributed by atoms with van der Waals surface area (Å²) in [5.41, 5.74) is -0.448. The van der Waals surface area contributed by atoms with Gasteiger partial charge in [0, 0.05) is 0 Å². The second-order valence-corrected chi connectivity index (χ2v) is 4.92. The Hall–Kier alpha value is -0.860. The standard InChI is InChI=1S/C10H14O3/c1-9(2)3-5-10(6-4-9)7(11)13-8(10)12/h3-6H2,1-2H3. The van der Waals surface area contributed by atoms with Crippen molar-refractivity contribution >= 4 is 11.9 Å². The lowest BCUT2D eigenvalue weighted by Crippen LogP contribution is -2.55. The number of carbonyl (C=O) groups excluding carboxylic acids is 2. The van der Waals surface area contributed by atoms with E-state index in [2.05, 4.69) is 18.6 Å². The van der Waals surface area contributed by atoms with Crippen LogP contribution in [0.1, 0.15) is 39.5 Å². The van der Waals surface area contributed by atoms with Gasteiger partial charge in [0.1, 0.15) is 0 Å². The van der Waals surface area contributed by atoms with Crippen molar-refractivity contribution in [1.82, 2.24) is 0 Å². The van der Waals surface area contributed by atoms with E-state index in [1.54, 1.807) is 0 Å². The van der Waals surface area contributed by atoms with Crippen molar-refractivity contribution in [3.63, 3.8) is 0 Å². The van der Waals surface area contributed by atoms with Gasteiger partial charge in [-0.3, -0.25) is 9.59 Å². The number of esters is 2. The Kier molecular flexibility index (Phi) is 1.57. The molecule has 0 radical (unpaired) electrons. The molecule has 0 aromatic rings.